The molecule has 0 saturated heterocycles. The van der Waals surface area contributed by atoms with Gasteiger partial charge in [0.2, 0.25) is 0 Å². The van der Waals surface area contributed by atoms with Gasteiger partial charge < -0.3 is 9.21 Å². The van der Waals surface area contributed by atoms with Crippen molar-refractivity contribution in [3.8, 4) is 0 Å². The molecule has 1 aromatic rings. The first-order chi connectivity index (χ1) is 7.72. The number of hydrogen-bond donors (Lipinski definition) is 0. The molecule has 86 valence electrons. The third-order valence-electron chi connectivity index (χ3n) is 2.27. The van der Waals surface area contributed by atoms with E-state index < -0.39 is 18.6 Å². The second-order valence-electron chi connectivity index (χ2n) is 3.41. The van der Waals surface area contributed by atoms with Crippen LogP contribution in [0.2, 0.25) is 0 Å². The number of aldehydes is 1. The molecule has 0 aliphatic carbocycles. The Balaban J connectivity index is 2.97. The van der Waals surface area contributed by atoms with E-state index in [0.717, 1.165) is 0 Å². The third-order valence-corrected chi connectivity index (χ3v) is 2.27. The van der Waals surface area contributed by atoms with Crippen molar-refractivity contribution in [1.29, 1.82) is 0 Å². The van der Waals surface area contributed by atoms with E-state index in [-0.39, 0.29) is 6.42 Å². The highest BCUT2D eigenvalue weighted by Gasteiger charge is 2.24. The molecule has 0 bridgehead atoms. The summed E-state index contributed by atoms with van der Waals surface area (Å²) < 4.78 is 18.0. The standard InChI is InChI=1S/C10H12FN3O2/c1-7-2-3-9(16-7)10(13-14-12)8(6-11)4-5-15/h2-3,5,8,10H,4,6H2,1H3. The average molecular weight is 225 g/mol. The number of nitrogens with zero attached hydrogens (tertiary/aromatic N) is 3. The van der Waals surface area contributed by atoms with Crippen molar-refractivity contribution in [2.75, 3.05) is 6.67 Å². The number of furan rings is 1. The maximum Gasteiger partial charge on any atom is 0.120 e. The van der Waals surface area contributed by atoms with Crippen LogP contribution in [0.15, 0.2) is 21.7 Å². The summed E-state index contributed by atoms with van der Waals surface area (Å²) in [4.78, 5) is 13.0. The van der Waals surface area contributed by atoms with Crippen LogP contribution in [0.3, 0.4) is 0 Å². The molecule has 0 N–H and O–H groups in total. The van der Waals surface area contributed by atoms with Crippen molar-refractivity contribution in [2.24, 2.45) is 11.0 Å². The maximum absolute atomic E-state index is 12.7. The molecule has 6 heteroatoms. The van der Waals surface area contributed by atoms with E-state index in [9.17, 15) is 9.18 Å². The van der Waals surface area contributed by atoms with Gasteiger partial charge >= 0.3 is 0 Å². The predicted octanol–water partition coefficient (Wildman–Crippen LogP) is 3.11. The number of alkyl halides is 1. The minimum absolute atomic E-state index is 0.0000652. The summed E-state index contributed by atoms with van der Waals surface area (Å²) in [5, 5.41) is 3.49. The van der Waals surface area contributed by atoms with Gasteiger partial charge in [-0.2, -0.15) is 0 Å². The monoisotopic (exact) mass is 225 g/mol. The number of carbonyl (C=O) groups excluding carboxylic acids is 1. The Bertz CT molecular complexity index is 399. The van der Waals surface area contributed by atoms with Crippen LogP contribution < -0.4 is 0 Å². The van der Waals surface area contributed by atoms with E-state index in [1.54, 1.807) is 19.1 Å². The normalized spacial score (nSPS) is 13.9. The smallest absolute Gasteiger partial charge is 0.120 e. The molecule has 0 spiro atoms. The van der Waals surface area contributed by atoms with Crippen LogP contribution in [0, 0.1) is 12.8 Å². The SMILES string of the molecule is Cc1ccc(C(N=[N+]=[N-])C(CF)CC=O)o1. The molecule has 5 nitrogen and oxygen atoms in total. The van der Waals surface area contributed by atoms with Crippen molar-refractivity contribution in [1.82, 2.24) is 0 Å². The van der Waals surface area contributed by atoms with Gasteiger partial charge in [0.15, 0.2) is 0 Å². The van der Waals surface area contributed by atoms with Crippen molar-refractivity contribution < 1.29 is 13.6 Å². The predicted molar refractivity (Wildman–Crippen MR) is 55.5 cm³/mol. The summed E-state index contributed by atoms with van der Waals surface area (Å²) in [6, 6.07) is 2.56. The summed E-state index contributed by atoms with van der Waals surface area (Å²) in [5.74, 6) is 0.371. The topological polar surface area (TPSA) is 79.0 Å². The molecule has 0 aliphatic rings. The van der Waals surface area contributed by atoms with E-state index >= 15 is 0 Å². The molecule has 1 heterocycles. The Morgan fingerprint density at radius 2 is 2.44 bits per heavy atom. The summed E-state index contributed by atoms with van der Waals surface area (Å²) in [7, 11) is 0. The second-order valence-corrected chi connectivity index (χ2v) is 3.41. The Morgan fingerprint density at radius 1 is 1.69 bits per heavy atom. The number of azide groups is 1. The van der Waals surface area contributed by atoms with E-state index in [1.165, 1.54) is 0 Å². The summed E-state index contributed by atoms with van der Waals surface area (Å²) in [6.45, 7) is 1.00. The van der Waals surface area contributed by atoms with E-state index in [2.05, 4.69) is 10.0 Å². The van der Waals surface area contributed by atoms with Gasteiger partial charge in [-0.05, 0) is 24.6 Å². The average Bonchev–Trinajstić information content (AvgIpc) is 2.70. The van der Waals surface area contributed by atoms with E-state index in [4.69, 9.17) is 9.95 Å². The number of carbonyl (C=O) groups is 1. The first-order valence-corrected chi connectivity index (χ1v) is 4.83. The Labute approximate surface area is 91.9 Å². The molecule has 0 amide bonds. The second kappa shape index (κ2) is 5.92. The summed E-state index contributed by atoms with van der Waals surface area (Å²) in [6.07, 6.45) is 0.611. The van der Waals surface area contributed by atoms with Crippen LogP contribution in [0.4, 0.5) is 4.39 Å². The van der Waals surface area contributed by atoms with Crippen LogP contribution in [0.5, 0.6) is 0 Å². The molecule has 16 heavy (non-hydrogen) atoms. The molecule has 1 rings (SSSR count). The van der Waals surface area contributed by atoms with Crippen molar-refractivity contribution in [2.45, 2.75) is 19.4 Å². The Morgan fingerprint density at radius 3 is 2.88 bits per heavy atom. The zero-order valence-electron chi connectivity index (χ0n) is 8.84. The molecule has 0 radical (unpaired) electrons. The van der Waals surface area contributed by atoms with Gasteiger partial charge in [0.25, 0.3) is 0 Å². The van der Waals surface area contributed by atoms with E-state index in [1.807, 2.05) is 0 Å². The minimum atomic E-state index is -0.770. The van der Waals surface area contributed by atoms with Crippen molar-refractivity contribution in [3.05, 3.63) is 34.1 Å². The number of aryl methyl sites for hydroxylation is 1. The highest BCUT2D eigenvalue weighted by Crippen LogP contribution is 2.30. The fourth-order valence-corrected chi connectivity index (χ4v) is 1.45. The molecule has 0 fully saturated rings. The van der Waals surface area contributed by atoms with Crippen molar-refractivity contribution >= 4 is 6.29 Å². The quantitative estimate of drug-likeness (QED) is 0.322. The fraction of sp³-hybridized carbons (Fsp3) is 0.500. The molecule has 2 unspecified atom stereocenters. The Kier molecular flexibility index (Phi) is 4.54. The van der Waals surface area contributed by atoms with Crippen LogP contribution in [-0.2, 0) is 4.79 Å². The zero-order valence-corrected chi connectivity index (χ0v) is 8.84. The van der Waals surface area contributed by atoms with Crippen LogP contribution in [-0.4, -0.2) is 13.0 Å². The Hall–Kier alpha value is -1.81. The van der Waals surface area contributed by atoms with Crippen LogP contribution >= 0.6 is 0 Å². The molecule has 0 aliphatic heterocycles. The summed E-state index contributed by atoms with van der Waals surface area (Å²) >= 11 is 0. The highest BCUT2D eigenvalue weighted by atomic mass is 19.1. The van der Waals surface area contributed by atoms with Gasteiger partial charge in [0.05, 0.1) is 6.67 Å². The molecule has 2 atom stereocenters. The lowest BCUT2D eigenvalue weighted by atomic mass is 9.97. The molecular formula is C10H12FN3O2. The van der Waals surface area contributed by atoms with Crippen LogP contribution in [0.1, 0.15) is 24.0 Å². The molecule has 0 saturated carbocycles. The van der Waals surface area contributed by atoms with Crippen LogP contribution in [0.25, 0.3) is 10.4 Å². The molecular weight excluding hydrogens is 213 g/mol. The fourth-order valence-electron chi connectivity index (χ4n) is 1.45. The van der Waals surface area contributed by atoms with Gasteiger partial charge in [0, 0.05) is 17.3 Å². The van der Waals surface area contributed by atoms with Gasteiger partial charge in [-0.25, -0.2) is 0 Å². The van der Waals surface area contributed by atoms with Gasteiger partial charge in [-0.3, -0.25) is 4.39 Å². The first-order valence-electron chi connectivity index (χ1n) is 4.83. The third kappa shape index (κ3) is 2.84. The number of hydrogen-bond acceptors (Lipinski definition) is 3. The number of rotatable bonds is 6. The lowest BCUT2D eigenvalue weighted by Crippen LogP contribution is -2.13. The van der Waals surface area contributed by atoms with Gasteiger partial charge in [0.1, 0.15) is 23.8 Å². The largest absolute Gasteiger partial charge is 0.466 e. The number of halogens is 1. The van der Waals surface area contributed by atoms with E-state index in [0.29, 0.717) is 17.8 Å². The summed E-state index contributed by atoms with van der Waals surface area (Å²) in [5.41, 5.74) is 8.42. The lowest BCUT2D eigenvalue weighted by Gasteiger charge is -2.15. The lowest BCUT2D eigenvalue weighted by molar-refractivity contribution is -0.108. The first kappa shape index (κ1) is 12.3. The van der Waals surface area contributed by atoms with Crippen molar-refractivity contribution in [3.63, 3.8) is 0 Å². The minimum Gasteiger partial charge on any atom is -0.466 e. The molecule has 1 aromatic heterocycles. The highest BCUT2D eigenvalue weighted by molar-refractivity contribution is 5.50. The molecule has 0 aromatic carbocycles. The van der Waals surface area contributed by atoms with Gasteiger partial charge in [-0.1, -0.05) is 5.11 Å². The maximum atomic E-state index is 12.7. The zero-order chi connectivity index (χ0) is 12.0. The van der Waals surface area contributed by atoms with Gasteiger partial charge in [-0.15, -0.1) is 0 Å².